The van der Waals surface area contributed by atoms with Gasteiger partial charge in [-0.25, -0.2) is 4.39 Å². The number of ether oxygens (including phenoxy) is 2. The van der Waals surface area contributed by atoms with Crippen molar-refractivity contribution in [3.8, 4) is 5.75 Å². The molecule has 0 fully saturated rings. The number of benzene rings is 2. The smallest absolute Gasteiger partial charge is 0.310 e. The molecule has 3 rings (SSSR count). The fraction of sp³-hybridized carbons (Fsp3) is 0.182. The van der Waals surface area contributed by atoms with Gasteiger partial charge in [0.2, 0.25) is 0 Å². The van der Waals surface area contributed by atoms with Gasteiger partial charge in [-0.05, 0) is 34.7 Å². The first-order chi connectivity index (χ1) is 14.1. The van der Waals surface area contributed by atoms with Gasteiger partial charge in [0, 0.05) is 4.88 Å². The van der Waals surface area contributed by atoms with E-state index < -0.39 is 24.3 Å². The van der Waals surface area contributed by atoms with Gasteiger partial charge >= 0.3 is 5.97 Å². The van der Waals surface area contributed by atoms with E-state index in [0.717, 1.165) is 10.4 Å². The number of nitrogens with one attached hydrogen (secondary N) is 1. The summed E-state index contributed by atoms with van der Waals surface area (Å²) in [6.45, 7) is -0.411. The third-order valence-corrected chi connectivity index (χ3v) is 5.13. The molecule has 1 aromatic heterocycles. The first-order valence-electron chi connectivity index (χ1n) is 8.92. The lowest BCUT2D eigenvalue weighted by Gasteiger charge is -2.18. The summed E-state index contributed by atoms with van der Waals surface area (Å²) in [5, 5.41) is 4.83. The molecule has 7 heteroatoms. The van der Waals surface area contributed by atoms with Crippen LogP contribution in [0.2, 0.25) is 0 Å². The number of halogens is 1. The summed E-state index contributed by atoms with van der Waals surface area (Å²) in [5.74, 6) is -1.49. The van der Waals surface area contributed by atoms with Crippen LogP contribution in [0.1, 0.15) is 22.0 Å². The Labute approximate surface area is 172 Å². The van der Waals surface area contributed by atoms with Gasteiger partial charge < -0.3 is 14.8 Å². The van der Waals surface area contributed by atoms with Gasteiger partial charge in [-0.15, -0.1) is 11.3 Å². The van der Waals surface area contributed by atoms with Crippen LogP contribution in [0, 0.1) is 5.82 Å². The predicted octanol–water partition coefficient (Wildman–Crippen LogP) is 3.89. The molecular weight excluding hydrogens is 393 g/mol. The molecule has 1 N–H and O–H groups in total. The average Bonchev–Trinajstić information content (AvgIpc) is 3.26. The molecule has 0 aliphatic rings. The number of esters is 1. The Morgan fingerprint density at radius 3 is 2.55 bits per heavy atom. The van der Waals surface area contributed by atoms with E-state index in [1.807, 2.05) is 47.8 Å². The van der Waals surface area contributed by atoms with Crippen LogP contribution in [-0.4, -0.2) is 25.6 Å². The molecule has 0 aliphatic heterocycles. The summed E-state index contributed by atoms with van der Waals surface area (Å²) >= 11 is 1.53. The van der Waals surface area contributed by atoms with Gasteiger partial charge in [-0.3, -0.25) is 9.59 Å². The maximum absolute atomic E-state index is 13.7. The summed E-state index contributed by atoms with van der Waals surface area (Å²) in [4.78, 5) is 25.3. The molecule has 0 radical (unpaired) electrons. The van der Waals surface area contributed by atoms with Crippen LogP contribution in [0.25, 0.3) is 0 Å². The van der Waals surface area contributed by atoms with Gasteiger partial charge in [0.1, 0.15) is 0 Å². The van der Waals surface area contributed by atoms with Gasteiger partial charge in [-0.1, -0.05) is 42.5 Å². The molecule has 29 heavy (non-hydrogen) atoms. The van der Waals surface area contributed by atoms with Crippen molar-refractivity contribution >= 4 is 23.2 Å². The predicted molar refractivity (Wildman–Crippen MR) is 108 cm³/mol. The first-order valence-corrected chi connectivity index (χ1v) is 9.80. The minimum atomic E-state index is -0.614. The van der Waals surface area contributed by atoms with Crippen molar-refractivity contribution in [2.75, 3.05) is 13.7 Å². The number of hydrogen-bond acceptors (Lipinski definition) is 5. The van der Waals surface area contributed by atoms with Crippen molar-refractivity contribution in [2.24, 2.45) is 0 Å². The zero-order chi connectivity index (χ0) is 20.6. The molecule has 0 saturated carbocycles. The highest BCUT2D eigenvalue weighted by Gasteiger charge is 2.19. The summed E-state index contributed by atoms with van der Waals surface area (Å²) < 4.78 is 23.6. The lowest BCUT2D eigenvalue weighted by Crippen LogP contribution is -2.32. The van der Waals surface area contributed by atoms with Gasteiger partial charge in [0.05, 0.1) is 19.6 Å². The molecule has 150 valence electrons. The number of carbonyl (C=O) groups excluding carboxylic acids is 2. The Kier molecular flexibility index (Phi) is 6.97. The SMILES string of the molecule is COc1ccc(CC(=O)OCC(=O)N[C@@H](c2ccccc2)c2cccs2)cc1F. The topological polar surface area (TPSA) is 64.6 Å². The van der Waals surface area contributed by atoms with Gasteiger partial charge in [-0.2, -0.15) is 0 Å². The van der Waals surface area contributed by atoms with Crippen LogP contribution in [0.15, 0.2) is 66.0 Å². The van der Waals surface area contributed by atoms with Crippen molar-refractivity contribution < 1.29 is 23.5 Å². The minimum absolute atomic E-state index is 0.0991. The van der Waals surface area contributed by atoms with Gasteiger partial charge in [0.15, 0.2) is 18.2 Å². The minimum Gasteiger partial charge on any atom is -0.494 e. The normalized spacial score (nSPS) is 11.5. The molecular formula is C22H20FNO4S. The lowest BCUT2D eigenvalue weighted by molar-refractivity contribution is -0.148. The molecule has 0 saturated heterocycles. The van der Waals surface area contributed by atoms with Crippen molar-refractivity contribution in [1.29, 1.82) is 0 Å². The molecule has 0 spiro atoms. The van der Waals surface area contributed by atoms with Crippen LogP contribution < -0.4 is 10.1 Å². The summed E-state index contributed by atoms with van der Waals surface area (Å²) in [6, 6.07) is 17.3. The maximum Gasteiger partial charge on any atom is 0.310 e. The Balaban J connectivity index is 1.56. The average molecular weight is 413 g/mol. The molecule has 5 nitrogen and oxygen atoms in total. The third kappa shape index (κ3) is 5.65. The molecule has 0 aliphatic carbocycles. The largest absolute Gasteiger partial charge is 0.494 e. The van der Waals surface area contributed by atoms with E-state index in [-0.39, 0.29) is 18.2 Å². The molecule has 2 aromatic carbocycles. The number of hydrogen-bond donors (Lipinski definition) is 1. The second-order valence-corrected chi connectivity index (χ2v) is 7.21. The summed E-state index contributed by atoms with van der Waals surface area (Å²) in [7, 11) is 1.36. The maximum atomic E-state index is 13.7. The van der Waals surface area contributed by atoms with E-state index in [1.165, 1.54) is 30.6 Å². The molecule has 1 heterocycles. The zero-order valence-corrected chi connectivity index (χ0v) is 16.6. The fourth-order valence-electron chi connectivity index (χ4n) is 2.81. The van der Waals surface area contributed by atoms with E-state index >= 15 is 0 Å². The Hall–Kier alpha value is -3.19. The summed E-state index contributed by atoms with van der Waals surface area (Å²) in [5.41, 5.74) is 1.37. The van der Waals surface area contributed by atoms with Crippen molar-refractivity contribution in [1.82, 2.24) is 5.32 Å². The van der Waals surface area contributed by atoms with Gasteiger partial charge in [0.25, 0.3) is 5.91 Å². The Morgan fingerprint density at radius 1 is 1.10 bits per heavy atom. The molecule has 1 amide bonds. The highest BCUT2D eigenvalue weighted by Crippen LogP contribution is 2.25. The molecule has 0 bridgehead atoms. The number of amides is 1. The Bertz CT molecular complexity index is 960. The monoisotopic (exact) mass is 413 g/mol. The fourth-order valence-corrected chi connectivity index (χ4v) is 3.61. The van der Waals surface area contributed by atoms with E-state index in [9.17, 15) is 14.0 Å². The molecule has 0 unspecified atom stereocenters. The first kappa shape index (κ1) is 20.5. The second kappa shape index (κ2) is 9.84. The number of rotatable bonds is 8. The number of methoxy groups -OCH3 is 1. The van der Waals surface area contributed by atoms with Crippen LogP contribution in [0.5, 0.6) is 5.75 Å². The standard InChI is InChI=1S/C22H20FNO4S/c1-27-18-10-9-15(12-17(18)23)13-21(26)28-14-20(25)24-22(19-8-5-11-29-19)16-6-3-2-4-7-16/h2-12,22H,13-14H2,1H3,(H,24,25)/t22-/m0/s1. The van der Waals surface area contributed by atoms with Crippen LogP contribution in [0.3, 0.4) is 0 Å². The summed E-state index contributed by atoms with van der Waals surface area (Å²) in [6.07, 6.45) is -0.138. The second-order valence-electron chi connectivity index (χ2n) is 6.23. The number of carbonyl (C=O) groups is 2. The molecule has 3 aromatic rings. The number of thiophene rings is 1. The zero-order valence-electron chi connectivity index (χ0n) is 15.8. The Morgan fingerprint density at radius 2 is 1.90 bits per heavy atom. The van der Waals surface area contributed by atoms with Crippen LogP contribution >= 0.6 is 11.3 Å². The molecule has 1 atom stereocenters. The lowest BCUT2D eigenvalue weighted by atomic mass is 10.1. The van der Waals surface area contributed by atoms with Crippen molar-refractivity contribution in [3.63, 3.8) is 0 Å². The van der Waals surface area contributed by atoms with Crippen LogP contribution in [-0.2, 0) is 20.7 Å². The van der Waals surface area contributed by atoms with Crippen molar-refractivity contribution in [3.05, 3.63) is 87.9 Å². The van der Waals surface area contributed by atoms with Crippen molar-refractivity contribution in [2.45, 2.75) is 12.5 Å². The van der Waals surface area contributed by atoms with E-state index in [1.54, 1.807) is 6.07 Å². The highest BCUT2D eigenvalue weighted by atomic mass is 32.1. The quantitative estimate of drug-likeness (QED) is 0.569. The van der Waals surface area contributed by atoms with E-state index in [0.29, 0.717) is 5.56 Å². The third-order valence-electron chi connectivity index (χ3n) is 4.19. The van der Waals surface area contributed by atoms with Crippen LogP contribution in [0.4, 0.5) is 4.39 Å². The van der Waals surface area contributed by atoms with E-state index in [2.05, 4.69) is 5.32 Å². The van der Waals surface area contributed by atoms with E-state index in [4.69, 9.17) is 9.47 Å². The highest BCUT2D eigenvalue weighted by molar-refractivity contribution is 7.10.